The normalized spacial score (nSPS) is 12.4. The number of amides is 1. The van der Waals surface area contributed by atoms with E-state index in [4.69, 9.17) is 0 Å². The van der Waals surface area contributed by atoms with Gasteiger partial charge in [-0.25, -0.2) is 4.98 Å². The second-order valence-electron chi connectivity index (χ2n) is 7.35. The van der Waals surface area contributed by atoms with Gasteiger partial charge in [0.05, 0.1) is 5.56 Å². The zero-order chi connectivity index (χ0) is 20.7. The Labute approximate surface area is 162 Å². The number of thiazole rings is 1. The van der Waals surface area contributed by atoms with E-state index in [-0.39, 0.29) is 23.1 Å². The molecule has 0 saturated heterocycles. The molecule has 5 nitrogen and oxygen atoms in total. The third kappa shape index (κ3) is 3.94. The predicted octanol–water partition coefficient (Wildman–Crippen LogP) is 4.00. The Morgan fingerprint density at radius 3 is 2.61 bits per heavy atom. The van der Waals surface area contributed by atoms with Crippen LogP contribution in [-0.2, 0) is 18.1 Å². The van der Waals surface area contributed by atoms with Gasteiger partial charge in [-0.2, -0.15) is 13.2 Å². The van der Waals surface area contributed by atoms with Crippen LogP contribution in [0.1, 0.15) is 48.0 Å². The van der Waals surface area contributed by atoms with E-state index in [9.17, 15) is 22.8 Å². The maximum Gasteiger partial charge on any atom is 0.416 e. The van der Waals surface area contributed by atoms with Crippen molar-refractivity contribution in [1.29, 1.82) is 0 Å². The molecule has 0 aliphatic rings. The van der Waals surface area contributed by atoms with Gasteiger partial charge in [0.1, 0.15) is 5.56 Å². The van der Waals surface area contributed by atoms with E-state index in [2.05, 4.69) is 10.3 Å². The number of aromatic nitrogens is 2. The molecular formula is C19H18F3N3O2S. The number of alkyl halides is 3. The first-order valence-corrected chi connectivity index (χ1v) is 9.30. The van der Waals surface area contributed by atoms with Crippen LogP contribution in [-0.4, -0.2) is 15.3 Å². The van der Waals surface area contributed by atoms with Crippen LogP contribution in [0.4, 0.5) is 13.2 Å². The largest absolute Gasteiger partial charge is 0.416 e. The fourth-order valence-electron chi connectivity index (χ4n) is 2.70. The van der Waals surface area contributed by atoms with Crippen molar-refractivity contribution in [2.75, 3.05) is 0 Å². The molecule has 0 unspecified atom stereocenters. The molecule has 0 atom stereocenters. The first kappa shape index (κ1) is 20.1. The molecule has 0 aliphatic heterocycles. The number of benzene rings is 1. The summed E-state index contributed by atoms with van der Waals surface area (Å²) in [6.07, 6.45) is -3.27. The van der Waals surface area contributed by atoms with Gasteiger partial charge >= 0.3 is 6.18 Å². The minimum atomic E-state index is -4.46. The van der Waals surface area contributed by atoms with E-state index in [0.29, 0.717) is 4.96 Å². The van der Waals surface area contributed by atoms with Crippen LogP contribution in [0, 0.1) is 0 Å². The minimum absolute atomic E-state index is 0.138. The fraction of sp³-hybridized carbons (Fsp3) is 0.316. The maximum absolute atomic E-state index is 12.8. The summed E-state index contributed by atoms with van der Waals surface area (Å²) in [6.45, 7) is 5.70. The first-order chi connectivity index (χ1) is 13.0. The highest BCUT2D eigenvalue weighted by Gasteiger charge is 2.30. The SMILES string of the molecule is CC(C)(C)c1csc2ncc(C(=O)NCc3cccc(C(F)(F)F)c3)c(=O)n12. The Balaban J connectivity index is 1.87. The number of hydrogen-bond acceptors (Lipinski definition) is 4. The summed E-state index contributed by atoms with van der Waals surface area (Å²) in [4.78, 5) is 29.9. The molecule has 2 aromatic heterocycles. The van der Waals surface area contributed by atoms with Crippen molar-refractivity contribution in [1.82, 2.24) is 14.7 Å². The number of halogens is 3. The van der Waals surface area contributed by atoms with E-state index >= 15 is 0 Å². The van der Waals surface area contributed by atoms with Crippen molar-refractivity contribution < 1.29 is 18.0 Å². The minimum Gasteiger partial charge on any atom is -0.348 e. The topological polar surface area (TPSA) is 63.5 Å². The molecule has 1 amide bonds. The van der Waals surface area contributed by atoms with Gasteiger partial charge < -0.3 is 5.32 Å². The van der Waals surface area contributed by atoms with Gasteiger partial charge in [0.15, 0.2) is 4.96 Å². The van der Waals surface area contributed by atoms with Crippen LogP contribution in [0.2, 0.25) is 0 Å². The summed E-state index contributed by atoms with van der Waals surface area (Å²) >= 11 is 1.30. The molecule has 148 valence electrons. The summed E-state index contributed by atoms with van der Waals surface area (Å²) < 4.78 is 39.8. The van der Waals surface area contributed by atoms with E-state index in [1.54, 1.807) is 0 Å². The lowest BCUT2D eigenvalue weighted by Crippen LogP contribution is -2.32. The Kier molecular flexibility index (Phi) is 5.05. The standard InChI is InChI=1S/C19H18F3N3O2S/c1-18(2,3)14-10-28-17-24-9-13(16(27)25(14)17)15(26)23-8-11-5-4-6-12(7-11)19(20,21)22/h4-7,9-10H,8H2,1-3H3,(H,23,26). The second-order valence-corrected chi connectivity index (χ2v) is 8.18. The Hall–Kier alpha value is -2.68. The molecule has 9 heteroatoms. The van der Waals surface area contributed by atoms with Crippen molar-refractivity contribution in [2.24, 2.45) is 0 Å². The first-order valence-electron chi connectivity index (χ1n) is 8.42. The molecule has 1 N–H and O–H groups in total. The molecule has 0 saturated carbocycles. The molecule has 0 bridgehead atoms. The van der Waals surface area contributed by atoms with Gasteiger partial charge in [-0.15, -0.1) is 11.3 Å². The number of fused-ring (bicyclic) bond motifs is 1. The van der Waals surface area contributed by atoms with Crippen molar-refractivity contribution in [3.8, 4) is 0 Å². The molecule has 0 fully saturated rings. The van der Waals surface area contributed by atoms with Crippen LogP contribution in [0.3, 0.4) is 0 Å². The monoisotopic (exact) mass is 409 g/mol. The molecule has 0 radical (unpaired) electrons. The van der Waals surface area contributed by atoms with Crippen LogP contribution >= 0.6 is 11.3 Å². The van der Waals surface area contributed by atoms with Crippen molar-refractivity contribution >= 4 is 22.2 Å². The van der Waals surface area contributed by atoms with Gasteiger partial charge in [-0.3, -0.25) is 14.0 Å². The Morgan fingerprint density at radius 1 is 1.25 bits per heavy atom. The molecule has 3 rings (SSSR count). The Bertz CT molecular complexity index is 1090. The highest BCUT2D eigenvalue weighted by Crippen LogP contribution is 2.29. The molecule has 28 heavy (non-hydrogen) atoms. The predicted molar refractivity (Wildman–Crippen MR) is 101 cm³/mol. The van der Waals surface area contributed by atoms with Gasteiger partial charge in [0, 0.05) is 29.2 Å². The summed E-state index contributed by atoms with van der Waals surface area (Å²) in [5, 5.41) is 4.32. The van der Waals surface area contributed by atoms with Crippen LogP contribution < -0.4 is 10.9 Å². The average Bonchev–Trinajstić information content (AvgIpc) is 3.05. The third-order valence-corrected chi connectivity index (χ3v) is 5.01. The lowest BCUT2D eigenvalue weighted by molar-refractivity contribution is -0.137. The van der Waals surface area contributed by atoms with Gasteiger partial charge in [-0.05, 0) is 17.7 Å². The number of nitrogens with zero attached hydrogens (tertiary/aromatic N) is 2. The number of carbonyl (C=O) groups is 1. The van der Waals surface area contributed by atoms with Crippen molar-refractivity contribution in [2.45, 2.75) is 38.9 Å². The highest BCUT2D eigenvalue weighted by atomic mass is 32.1. The Morgan fingerprint density at radius 2 is 1.96 bits per heavy atom. The summed E-state index contributed by atoms with van der Waals surface area (Å²) in [6, 6.07) is 4.67. The van der Waals surface area contributed by atoms with E-state index in [0.717, 1.165) is 17.8 Å². The molecule has 3 aromatic rings. The van der Waals surface area contributed by atoms with Gasteiger partial charge in [0.25, 0.3) is 11.5 Å². The van der Waals surface area contributed by atoms with Crippen LogP contribution in [0.5, 0.6) is 0 Å². The summed E-state index contributed by atoms with van der Waals surface area (Å²) in [7, 11) is 0. The smallest absolute Gasteiger partial charge is 0.348 e. The summed E-state index contributed by atoms with van der Waals surface area (Å²) in [5.41, 5.74) is -0.765. The number of rotatable bonds is 3. The average molecular weight is 409 g/mol. The zero-order valence-electron chi connectivity index (χ0n) is 15.4. The molecule has 1 aromatic carbocycles. The zero-order valence-corrected chi connectivity index (χ0v) is 16.2. The van der Waals surface area contributed by atoms with E-state index < -0.39 is 23.2 Å². The second kappa shape index (κ2) is 7.05. The molecule has 2 heterocycles. The number of nitrogens with one attached hydrogen (secondary N) is 1. The lowest BCUT2D eigenvalue weighted by atomic mass is 9.93. The van der Waals surface area contributed by atoms with Gasteiger partial charge in [-0.1, -0.05) is 32.9 Å². The van der Waals surface area contributed by atoms with Crippen molar-refractivity contribution in [3.63, 3.8) is 0 Å². The lowest BCUT2D eigenvalue weighted by Gasteiger charge is -2.17. The number of hydrogen-bond donors (Lipinski definition) is 1. The van der Waals surface area contributed by atoms with E-state index in [1.807, 2.05) is 26.2 Å². The number of carbonyl (C=O) groups excluding carboxylic acids is 1. The maximum atomic E-state index is 12.8. The third-order valence-electron chi connectivity index (χ3n) is 4.17. The van der Waals surface area contributed by atoms with E-state index in [1.165, 1.54) is 34.1 Å². The van der Waals surface area contributed by atoms with Gasteiger partial charge in [0.2, 0.25) is 0 Å². The quantitative estimate of drug-likeness (QED) is 0.711. The molecule has 0 spiro atoms. The molecule has 0 aliphatic carbocycles. The van der Waals surface area contributed by atoms with Crippen LogP contribution in [0.25, 0.3) is 4.96 Å². The summed E-state index contributed by atoms with van der Waals surface area (Å²) in [5.74, 6) is -0.685. The fourth-order valence-corrected chi connectivity index (χ4v) is 3.78. The highest BCUT2D eigenvalue weighted by molar-refractivity contribution is 7.15. The van der Waals surface area contributed by atoms with Crippen LogP contribution in [0.15, 0.2) is 40.6 Å². The van der Waals surface area contributed by atoms with Crippen molar-refractivity contribution in [3.05, 3.63) is 68.6 Å². The molecular weight excluding hydrogens is 391 g/mol.